The summed E-state index contributed by atoms with van der Waals surface area (Å²) in [6, 6.07) is 8.49. The summed E-state index contributed by atoms with van der Waals surface area (Å²) in [4.78, 5) is 20.0. The summed E-state index contributed by atoms with van der Waals surface area (Å²) in [6.07, 6.45) is 0. The first kappa shape index (κ1) is 16.3. The zero-order chi connectivity index (χ0) is 15.9. The van der Waals surface area contributed by atoms with Crippen molar-refractivity contribution in [3.8, 4) is 0 Å². The Labute approximate surface area is 132 Å². The number of hydrogen-bond acceptors (Lipinski definition) is 6. The Balaban J connectivity index is 2.21. The molecule has 2 rings (SSSR count). The minimum atomic E-state index is -0.983. The van der Waals surface area contributed by atoms with Gasteiger partial charge in [0.1, 0.15) is 5.82 Å². The van der Waals surface area contributed by atoms with Crippen LogP contribution in [0, 0.1) is 6.92 Å². The molecule has 0 unspecified atom stereocenters. The van der Waals surface area contributed by atoms with Crippen LogP contribution in [0.3, 0.4) is 0 Å². The number of carboxylic acids is 1. The number of nitrogens with zero attached hydrogens (tertiary/aromatic N) is 2. The van der Waals surface area contributed by atoms with Crippen LogP contribution in [-0.2, 0) is 4.74 Å². The van der Waals surface area contributed by atoms with Crippen molar-refractivity contribution in [2.75, 3.05) is 24.8 Å². The van der Waals surface area contributed by atoms with Crippen LogP contribution in [0.5, 0.6) is 0 Å². The molecule has 116 valence electrons. The van der Waals surface area contributed by atoms with Gasteiger partial charge in [0, 0.05) is 24.6 Å². The highest BCUT2D eigenvalue weighted by Crippen LogP contribution is 2.22. The predicted octanol–water partition coefficient (Wildman–Crippen LogP) is 2.97. The highest BCUT2D eigenvalue weighted by atomic mass is 32.2. The third-order valence-electron chi connectivity index (χ3n) is 2.77. The van der Waals surface area contributed by atoms with Crippen molar-refractivity contribution in [2.24, 2.45) is 0 Å². The number of carbonyl (C=O) groups is 1. The van der Waals surface area contributed by atoms with E-state index >= 15 is 0 Å². The number of thioether (sulfide) groups is 1. The molecule has 2 aromatic rings. The third-order valence-corrected chi connectivity index (χ3v) is 3.58. The standard InChI is InChI=1S/C15H17N3O3S/c1-10-9-13(18-15(16-10)22-8-7-21-2)17-12-6-4-3-5-11(12)14(19)20/h3-6,9H,7-8H2,1-2H3,(H,19,20)(H,16,17,18). The molecule has 0 radical (unpaired) electrons. The maximum absolute atomic E-state index is 11.2. The van der Waals surface area contributed by atoms with E-state index in [0.717, 1.165) is 11.4 Å². The lowest BCUT2D eigenvalue weighted by molar-refractivity contribution is 0.0698. The Bertz CT molecular complexity index is 664. The smallest absolute Gasteiger partial charge is 0.337 e. The van der Waals surface area contributed by atoms with Crippen molar-refractivity contribution in [1.82, 2.24) is 9.97 Å². The van der Waals surface area contributed by atoms with E-state index in [1.165, 1.54) is 11.8 Å². The number of benzene rings is 1. The molecular formula is C15H17N3O3S. The zero-order valence-electron chi connectivity index (χ0n) is 12.4. The van der Waals surface area contributed by atoms with Crippen LogP contribution in [0.1, 0.15) is 16.1 Å². The van der Waals surface area contributed by atoms with Crippen LogP contribution in [0.25, 0.3) is 0 Å². The molecule has 2 N–H and O–H groups in total. The lowest BCUT2D eigenvalue weighted by Gasteiger charge is -2.10. The van der Waals surface area contributed by atoms with Crippen LogP contribution in [-0.4, -0.2) is 40.5 Å². The van der Waals surface area contributed by atoms with E-state index in [1.807, 2.05) is 6.92 Å². The van der Waals surface area contributed by atoms with Crippen LogP contribution in [0.4, 0.5) is 11.5 Å². The van der Waals surface area contributed by atoms with Gasteiger partial charge in [0.2, 0.25) is 0 Å². The Morgan fingerprint density at radius 1 is 1.36 bits per heavy atom. The normalized spacial score (nSPS) is 10.5. The average Bonchev–Trinajstić information content (AvgIpc) is 2.47. The van der Waals surface area contributed by atoms with Gasteiger partial charge in [-0.1, -0.05) is 23.9 Å². The van der Waals surface area contributed by atoms with Crippen LogP contribution >= 0.6 is 11.8 Å². The van der Waals surface area contributed by atoms with Gasteiger partial charge in [0.25, 0.3) is 0 Å². The average molecular weight is 319 g/mol. The van der Waals surface area contributed by atoms with E-state index in [0.29, 0.717) is 23.3 Å². The number of nitrogens with one attached hydrogen (secondary N) is 1. The molecule has 7 heteroatoms. The Kier molecular flexibility index (Phi) is 5.74. The summed E-state index contributed by atoms with van der Waals surface area (Å²) in [7, 11) is 1.65. The Morgan fingerprint density at radius 2 is 2.14 bits per heavy atom. The number of ether oxygens (including phenoxy) is 1. The van der Waals surface area contributed by atoms with Gasteiger partial charge >= 0.3 is 5.97 Å². The molecule has 6 nitrogen and oxygen atoms in total. The summed E-state index contributed by atoms with van der Waals surface area (Å²) < 4.78 is 5.00. The number of carboxylic acid groups (broad SMARTS) is 1. The lowest BCUT2D eigenvalue weighted by atomic mass is 10.2. The van der Waals surface area contributed by atoms with Crippen molar-refractivity contribution < 1.29 is 14.6 Å². The molecule has 22 heavy (non-hydrogen) atoms. The van der Waals surface area contributed by atoms with Crippen LogP contribution in [0.15, 0.2) is 35.5 Å². The summed E-state index contributed by atoms with van der Waals surface area (Å²) in [5, 5.41) is 12.9. The lowest BCUT2D eigenvalue weighted by Crippen LogP contribution is -2.04. The van der Waals surface area contributed by atoms with Gasteiger partial charge < -0.3 is 15.2 Å². The molecule has 0 atom stereocenters. The minimum absolute atomic E-state index is 0.201. The molecule has 0 bridgehead atoms. The summed E-state index contributed by atoms with van der Waals surface area (Å²) in [5.41, 5.74) is 1.51. The number of aromatic carboxylic acids is 1. The molecule has 0 amide bonds. The molecule has 0 aliphatic carbocycles. The number of aromatic nitrogens is 2. The fourth-order valence-electron chi connectivity index (χ4n) is 1.80. The van der Waals surface area contributed by atoms with E-state index in [-0.39, 0.29) is 5.56 Å². The van der Waals surface area contributed by atoms with Gasteiger partial charge in [-0.25, -0.2) is 14.8 Å². The van der Waals surface area contributed by atoms with Crippen molar-refractivity contribution in [2.45, 2.75) is 12.1 Å². The highest BCUT2D eigenvalue weighted by molar-refractivity contribution is 7.99. The van der Waals surface area contributed by atoms with Crippen LogP contribution < -0.4 is 5.32 Å². The molecule has 0 fully saturated rings. The van der Waals surface area contributed by atoms with Crippen molar-refractivity contribution in [1.29, 1.82) is 0 Å². The maximum Gasteiger partial charge on any atom is 0.337 e. The first-order valence-corrected chi connectivity index (χ1v) is 7.65. The molecule has 1 heterocycles. The fraction of sp³-hybridized carbons (Fsp3) is 0.267. The van der Waals surface area contributed by atoms with Crippen molar-refractivity contribution in [3.05, 3.63) is 41.6 Å². The molecular weight excluding hydrogens is 302 g/mol. The first-order chi connectivity index (χ1) is 10.6. The van der Waals surface area contributed by atoms with Crippen LogP contribution in [0.2, 0.25) is 0 Å². The molecule has 1 aromatic heterocycles. The second kappa shape index (κ2) is 7.77. The molecule has 1 aromatic carbocycles. The molecule has 0 spiro atoms. The maximum atomic E-state index is 11.2. The number of anilines is 2. The van der Waals surface area contributed by atoms with Gasteiger partial charge in [-0.05, 0) is 19.1 Å². The number of para-hydroxylation sites is 1. The largest absolute Gasteiger partial charge is 0.478 e. The van der Waals surface area contributed by atoms with E-state index in [2.05, 4.69) is 15.3 Å². The molecule has 0 aliphatic heterocycles. The summed E-state index contributed by atoms with van der Waals surface area (Å²) in [5.74, 6) is 0.343. The zero-order valence-corrected chi connectivity index (χ0v) is 13.2. The first-order valence-electron chi connectivity index (χ1n) is 6.67. The second-order valence-electron chi connectivity index (χ2n) is 4.49. The Morgan fingerprint density at radius 3 is 2.86 bits per heavy atom. The predicted molar refractivity (Wildman–Crippen MR) is 86.1 cm³/mol. The van der Waals surface area contributed by atoms with Gasteiger partial charge in [-0.15, -0.1) is 0 Å². The second-order valence-corrected chi connectivity index (χ2v) is 5.56. The van der Waals surface area contributed by atoms with E-state index in [1.54, 1.807) is 37.4 Å². The third kappa shape index (κ3) is 4.44. The fourth-order valence-corrected chi connectivity index (χ4v) is 2.61. The minimum Gasteiger partial charge on any atom is -0.478 e. The number of hydrogen-bond donors (Lipinski definition) is 2. The quantitative estimate of drug-likeness (QED) is 0.461. The highest BCUT2D eigenvalue weighted by Gasteiger charge is 2.10. The monoisotopic (exact) mass is 319 g/mol. The van der Waals surface area contributed by atoms with E-state index in [4.69, 9.17) is 4.74 Å². The number of aryl methyl sites for hydroxylation is 1. The van der Waals surface area contributed by atoms with Crippen molar-refractivity contribution >= 4 is 29.2 Å². The topological polar surface area (TPSA) is 84.3 Å². The van der Waals surface area contributed by atoms with Crippen molar-refractivity contribution in [3.63, 3.8) is 0 Å². The summed E-state index contributed by atoms with van der Waals surface area (Å²) >= 11 is 1.49. The molecule has 0 saturated carbocycles. The number of methoxy groups -OCH3 is 1. The van der Waals surface area contributed by atoms with Gasteiger partial charge in [-0.3, -0.25) is 0 Å². The van der Waals surface area contributed by atoms with E-state index in [9.17, 15) is 9.90 Å². The molecule has 0 aliphatic rings. The van der Waals surface area contributed by atoms with Gasteiger partial charge in [0.15, 0.2) is 5.16 Å². The molecule has 0 saturated heterocycles. The SMILES string of the molecule is COCCSc1nc(C)cc(Nc2ccccc2C(=O)O)n1. The Hall–Kier alpha value is -2.12. The van der Waals surface area contributed by atoms with Gasteiger partial charge in [-0.2, -0.15) is 0 Å². The van der Waals surface area contributed by atoms with E-state index < -0.39 is 5.97 Å². The summed E-state index contributed by atoms with van der Waals surface area (Å²) in [6.45, 7) is 2.49. The number of rotatable bonds is 7. The van der Waals surface area contributed by atoms with Gasteiger partial charge in [0.05, 0.1) is 17.9 Å².